The first kappa shape index (κ1) is 15.9. The van der Waals surface area contributed by atoms with Crippen LogP contribution in [0, 0.1) is 0 Å². The average molecular weight is 373 g/mol. The maximum atomic E-state index is 5.62. The van der Waals surface area contributed by atoms with Crippen LogP contribution in [-0.4, -0.2) is 43.3 Å². The Morgan fingerprint density at radius 2 is 1.95 bits per heavy atom. The van der Waals surface area contributed by atoms with E-state index >= 15 is 0 Å². The Morgan fingerprint density at radius 1 is 1.19 bits per heavy atom. The highest BCUT2D eigenvalue weighted by Crippen LogP contribution is 2.30. The van der Waals surface area contributed by atoms with Crippen molar-refractivity contribution < 1.29 is 4.74 Å². The van der Waals surface area contributed by atoms with E-state index in [0.29, 0.717) is 5.54 Å². The largest absolute Gasteiger partial charge is 0.381 e. The molecule has 3 heterocycles. The molecule has 21 heavy (non-hydrogen) atoms. The van der Waals surface area contributed by atoms with E-state index in [2.05, 4.69) is 38.3 Å². The van der Waals surface area contributed by atoms with Gasteiger partial charge in [-0.05, 0) is 66.8 Å². The fourth-order valence-corrected chi connectivity index (χ4v) is 5.04. The second-order valence-electron chi connectivity index (χ2n) is 6.19. The van der Waals surface area contributed by atoms with Gasteiger partial charge < -0.3 is 10.1 Å². The van der Waals surface area contributed by atoms with E-state index in [1.165, 1.54) is 53.9 Å². The van der Waals surface area contributed by atoms with Crippen molar-refractivity contribution in [1.82, 2.24) is 10.2 Å². The number of likely N-dealkylation sites (tertiary alicyclic amines) is 1. The molecule has 2 saturated heterocycles. The zero-order valence-corrected chi connectivity index (χ0v) is 15.0. The molecule has 0 saturated carbocycles. The second-order valence-corrected chi connectivity index (χ2v) is 8.74. The maximum Gasteiger partial charge on any atom is 0.0701 e. The first-order valence-electron chi connectivity index (χ1n) is 8.06. The summed E-state index contributed by atoms with van der Waals surface area (Å²) >= 11 is 5.36. The molecule has 0 radical (unpaired) electrons. The van der Waals surface area contributed by atoms with Crippen LogP contribution in [0.2, 0.25) is 0 Å². The number of nitrogens with one attached hydrogen (secondary N) is 1. The first-order valence-corrected chi connectivity index (χ1v) is 9.67. The molecule has 0 atom stereocenters. The summed E-state index contributed by atoms with van der Waals surface area (Å²) in [6.07, 6.45) is 6.48. The van der Waals surface area contributed by atoms with E-state index in [0.717, 1.165) is 26.3 Å². The first-order chi connectivity index (χ1) is 10.3. The standard InChI is InChI=1S/C16H25BrN2OS/c17-15-5-4-14(21-15)12-18-13-16(6-10-20-11-7-16)19-8-2-1-3-9-19/h4-5,18H,1-3,6-13H2. The summed E-state index contributed by atoms with van der Waals surface area (Å²) < 4.78 is 6.84. The van der Waals surface area contributed by atoms with Crippen LogP contribution in [0.3, 0.4) is 0 Å². The van der Waals surface area contributed by atoms with E-state index in [9.17, 15) is 0 Å². The van der Waals surface area contributed by atoms with E-state index < -0.39 is 0 Å². The fourth-order valence-electron chi connectivity index (χ4n) is 3.59. The van der Waals surface area contributed by atoms with E-state index in [-0.39, 0.29) is 0 Å². The Morgan fingerprint density at radius 3 is 2.62 bits per heavy atom. The molecule has 2 aliphatic rings. The molecule has 118 valence electrons. The van der Waals surface area contributed by atoms with Crippen LogP contribution < -0.4 is 5.32 Å². The summed E-state index contributed by atoms with van der Waals surface area (Å²) in [5, 5.41) is 3.72. The molecule has 5 heteroatoms. The normalized spacial score (nSPS) is 23.3. The van der Waals surface area contributed by atoms with Crippen LogP contribution in [-0.2, 0) is 11.3 Å². The minimum Gasteiger partial charge on any atom is -0.381 e. The Kier molecular flexibility index (Phi) is 5.73. The maximum absolute atomic E-state index is 5.62. The molecule has 3 rings (SSSR count). The van der Waals surface area contributed by atoms with E-state index in [1.54, 1.807) is 0 Å². The number of nitrogens with zero attached hydrogens (tertiary/aromatic N) is 1. The summed E-state index contributed by atoms with van der Waals surface area (Å²) in [6, 6.07) is 4.34. The average Bonchev–Trinajstić information content (AvgIpc) is 2.95. The monoisotopic (exact) mass is 372 g/mol. The molecule has 0 aromatic carbocycles. The number of hydrogen-bond acceptors (Lipinski definition) is 4. The third-order valence-electron chi connectivity index (χ3n) is 4.83. The molecule has 0 bridgehead atoms. The van der Waals surface area contributed by atoms with Crippen molar-refractivity contribution in [1.29, 1.82) is 0 Å². The molecule has 1 N–H and O–H groups in total. The van der Waals surface area contributed by atoms with Crippen LogP contribution in [0.4, 0.5) is 0 Å². The zero-order chi connectivity index (χ0) is 14.5. The molecule has 0 aliphatic carbocycles. The van der Waals surface area contributed by atoms with Crippen molar-refractivity contribution >= 4 is 27.3 Å². The molecule has 0 amide bonds. The van der Waals surface area contributed by atoms with E-state index in [4.69, 9.17) is 4.74 Å². The van der Waals surface area contributed by atoms with Crippen LogP contribution in [0.1, 0.15) is 37.0 Å². The SMILES string of the molecule is Brc1ccc(CNCC2(N3CCCCC3)CCOCC2)s1. The van der Waals surface area contributed by atoms with Crippen LogP contribution in [0.5, 0.6) is 0 Å². The molecule has 0 unspecified atom stereocenters. The number of hydrogen-bond donors (Lipinski definition) is 1. The third-order valence-corrected chi connectivity index (χ3v) is 6.46. The third kappa shape index (κ3) is 4.08. The number of halogens is 1. The minimum atomic E-state index is 0.327. The number of ether oxygens (including phenoxy) is 1. The van der Waals surface area contributed by atoms with Gasteiger partial charge in [0, 0.05) is 36.7 Å². The Balaban J connectivity index is 1.59. The molecule has 1 aromatic rings. The smallest absolute Gasteiger partial charge is 0.0701 e. The van der Waals surface area contributed by atoms with Crippen molar-refractivity contribution in [2.45, 2.75) is 44.2 Å². The Bertz CT molecular complexity index is 439. The van der Waals surface area contributed by atoms with Crippen molar-refractivity contribution in [2.24, 2.45) is 0 Å². The summed E-state index contributed by atoms with van der Waals surface area (Å²) in [5.74, 6) is 0. The molecule has 3 nitrogen and oxygen atoms in total. The summed E-state index contributed by atoms with van der Waals surface area (Å²) in [4.78, 5) is 4.15. The lowest BCUT2D eigenvalue weighted by Crippen LogP contribution is -2.59. The lowest BCUT2D eigenvalue weighted by atomic mass is 9.86. The van der Waals surface area contributed by atoms with Gasteiger partial charge in [0.25, 0.3) is 0 Å². The molecule has 0 spiro atoms. The van der Waals surface area contributed by atoms with Crippen molar-refractivity contribution in [3.05, 3.63) is 20.8 Å². The van der Waals surface area contributed by atoms with Gasteiger partial charge >= 0.3 is 0 Å². The highest BCUT2D eigenvalue weighted by molar-refractivity contribution is 9.11. The Labute approximate surface area is 140 Å². The van der Waals surface area contributed by atoms with Crippen LogP contribution in [0.15, 0.2) is 15.9 Å². The summed E-state index contributed by atoms with van der Waals surface area (Å²) in [7, 11) is 0. The second kappa shape index (κ2) is 7.55. The van der Waals surface area contributed by atoms with Gasteiger partial charge in [-0.2, -0.15) is 0 Å². The predicted molar refractivity (Wildman–Crippen MR) is 91.9 cm³/mol. The fraction of sp³-hybridized carbons (Fsp3) is 0.750. The van der Waals surface area contributed by atoms with Crippen molar-refractivity contribution in [3.63, 3.8) is 0 Å². The van der Waals surface area contributed by atoms with Gasteiger partial charge in [0.05, 0.1) is 3.79 Å². The number of rotatable bonds is 5. The molecular weight excluding hydrogens is 348 g/mol. The zero-order valence-electron chi connectivity index (χ0n) is 12.6. The quantitative estimate of drug-likeness (QED) is 0.853. The predicted octanol–water partition coefficient (Wildman–Crippen LogP) is 3.64. The molecule has 2 aliphatic heterocycles. The van der Waals surface area contributed by atoms with Crippen LogP contribution >= 0.6 is 27.3 Å². The topological polar surface area (TPSA) is 24.5 Å². The van der Waals surface area contributed by atoms with E-state index in [1.807, 2.05) is 11.3 Å². The van der Waals surface area contributed by atoms with Gasteiger partial charge in [-0.3, -0.25) is 4.90 Å². The van der Waals surface area contributed by atoms with Gasteiger partial charge in [0.1, 0.15) is 0 Å². The lowest BCUT2D eigenvalue weighted by molar-refractivity contribution is -0.0357. The molecule has 1 aromatic heterocycles. The lowest BCUT2D eigenvalue weighted by Gasteiger charge is -2.48. The molecular formula is C16H25BrN2OS. The van der Waals surface area contributed by atoms with Gasteiger partial charge in [-0.15, -0.1) is 11.3 Å². The number of thiophene rings is 1. The highest BCUT2D eigenvalue weighted by atomic mass is 79.9. The van der Waals surface area contributed by atoms with Gasteiger partial charge in [-0.1, -0.05) is 6.42 Å². The minimum absolute atomic E-state index is 0.327. The highest BCUT2D eigenvalue weighted by Gasteiger charge is 2.38. The molecule has 2 fully saturated rings. The summed E-state index contributed by atoms with van der Waals surface area (Å²) in [5.41, 5.74) is 0.327. The number of piperidine rings is 1. The van der Waals surface area contributed by atoms with Crippen LogP contribution in [0.25, 0.3) is 0 Å². The van der Waals surface area contributed by atoms with Gasteiger partial charge in [0.15, 0.2) is 0 Å². The van der Waals surface area contributed by atoms with Gasteiger partial charge in [0.2, 0.25) is 0 Å². The van der Waals surface area contributed by atoms with Crippen molar-refractivity contribution in [3.8, 4) is 0 Å². The summed E-state index contributed by atoms with van der Waals surface area (Å²) in [6.45, 7) is 6.45. The van der Waals surface area contributed by atoms with Gasteiger partial charge in [-0.25, -0.2) is 0 Å². The Hall–Kier alpha value is 0.0600. The van der Waals surface area contributed by atoms with Crippen molar-refractivity contribution in [2.75, 3.05) is 32.8 Å².